The van der Waals surface area contributed by atoms with E-state index in [4.69, 9.17) is 0 Å². The van der Waals surface area contributed by atoms with Crippen molar-refractivity contribution in [2.45, 2.75) is 19.3 Å². The van der Waals surface area contributed by atoms with Crippen molar-refractivity contribution in [2.24, 2.45) is 5.92 Å². The van der Waals surface area contributed by atoms with Crippen molar-refractivity contribution in [3.05, 3.63) is 22.6 Å². The Balaban J connectivity index is 2.09. The summed E-state index contributed by atoms with van der Waals surface area (Å²) >= 11 is 1.53. The zero-order chi connectivity index (χ0) is 13.3. The molecule has 1 saturated carbocycles. The van der Waals surface area contributed by atoms with Crippen molar-refractivity contribution in [1.29, 1.82) is 0 Å². The first-order valence-electron chi connectivity index (χ1n) is 6.32. The number of fused-ring (bicyclic) bond motifs is 5. The highest BCUT2D eigenvalue weighted by atomic mass is 32.1. The Morgan fingerprint density at radius 3 is 3.05 bits per heavy atom. The van der Waals surface area contributed by atoms with Crippen LogP contribution in [0.4, 0.5) is 10.5 Å². The minimum absolute atomic E-state index is 0.192. The zero-order valence-corrected chi connectivity index (χ0v) is 11.2. The summed E-state index contributed by atoms with van der Waals surface area (Å²) in [6.07, 6.45) is 0.129. The van der Waals surface area contributed by atoms with Gasteiger partial charge in [0.2, 0.25) is 0 Å². The number of aromatic hydroxyl groups is 1. The van der Waals surface area contributed by atoms with Crippen LogP contribution < -0.4 is 4.90 Å². The number of carboxylic acid groups (broad SMARTS) is 1. The highest BCUT2D eigenvalue weighted by molar-refractivity contribution is 7.17. The molecule has 0 unspecified atom stereocenters. The standard InChI is InChI=1S/C14H13NO3S/c1-6-5-19-13-10(16)3-9-12(11(6)13)8-2-7(8)4-15(9)14(17)18/h3,5,7-8,16H,2,4H2,1H3,(H,17,18)/t7-,8-/m0/s1. The molecule has 2 heterocycles. The van der Waals surface area contributed by atoms with Gasteiger partial charge >= 0.3 is 6.09 Å². The van der Waals surface area contributed by atoms with Gasteiger partial charge in [0.1, 0.15) is 5.75 Å². The maximum absolute atomic E-state index is 11.4. The number of aryl methyl sites for hydroxylation is 1. The summed E-state index contributed by atoms with van der Waals surface area (Å²) in [7, 11) is 0. The summed E-state index contributed by atoms with van der Waals surface area (Å²) in [6.45, 7) is 2.58. The summed E-state index contributed by atoms with van der Waals surface area (Å²) in [4.78, 5) is 12.8. The predicted molar refractivity (Wildman–Crippen MR) is 74.4 cm³/mol. The van der Waals surface area contributed by atoms with E-state index < -0.39 is 6.09 Å². The number of nitrogens with zero attached hydrogens (tertiary/aromatic N) is 1. The number of amides is 1. The molecule has 1 aliphatic carbocycles. The first-order valence-corrected chi connectivity index (χ1v) is 7.20. The summed E-state index contributed by atoms with van der Waals surface area (Å²) in [5.41, 5.74) is 2.94. The van der Waals surface area contributed by atoms with Crippen molar-refractivity contribution in [3.63, 3.8) is 0 Å². The summed E-state index contributed by atoms with van der Waals surface area (Å²) in [6, 6.07) is 1.62. The molecule has 1 amide bonds. The Kier molecular flexibility index (Phi) is 2.00. The summed E-state index contributed by atoms with van der Waals surface area (Å²) < 4.78 is 0.883. The van der Waals surface area contributed by atoms with Crippen LogP contribution in [0, 0.1) is 12.8 Å². The Morgan fingerprint density at radius 2 is 2.32 bits per heavy atom. The molecule has 98 valence electrons. The number of hydrogen-bond acceptors (Lipinski definition) is 3. The van der Waals surface area contributed by atoms with Crippen LogP contribution in [0.5, 0.6) is 5.75 Å². The fourth-order valence-electron chi connectivity index (χ4n) is 3.28. The zero-order valence-electron chi connectivity index (χ0n) is 10.4. The molecule has 2 atom stereocenters. The molecule has 0 bridgehead atoms. The number of phenols is 1. The Hall–Kier alpha value is -1.75. The highest BCUT2D eigenvalue weighted by Gasteiger charge is 2.48. The molecule has 2 aliphatic rings. The Morgan fingerprint density at radius 1 is 1.53 bits per heavy atom. The molecule has 1 aliphatic heterocycles. The molecule has 19 heavy (non-hydrogen) atoms. The van der Waals surface area contributed by atoms with Crippen molar-refractivity contribution in [2.75, 3.05) is 11.4 Å². The quantitative estimate of drug-likeness (QED) is 0.773. The maximum Gasteiger partial charge on any atom is 0.411 e. The minimum Gasteiger partial charge on any atom is -0.506 e. The molecule has 4 nitrogen and oxygen atoms in total. The molecular formula is C14H13NO3S. The van der Waals surface area contributed by atoms with Gasteiger partial charge in [-0.2, -0.15) is 0 Å². The molecular weight excluding hydrogens is 262 g/mol. The predicted octanol–water partition coefficient (Wildman–Crippen LogP) is 3.52. The molecule has 2 N–H and O–H groups in total. The largest absolute Gasteiger partial charge is 0.506 e. The van der Waals surface area contributed by atoms with E-state index in [2.05, 4.69) is 0 Å². The van der Waals surface area contributed by atoms with Crippen molar-refractivity contribution in [3.8, 4) is 5.75 Å². The SMILES string of the molecule is Cc1csc2c(O)cc3c(c12)[C@H]1C[C@H]1CN3C(=O)O. The molecule has 0 spiro atoms. The van der Waals surface area contributed by atoms with Crippen LogP contribution >= 0.6 is 11.3 Å². The van der Waals surface area contributed by atoms with Gasteiger partial charge in [0.05, 0.1) is 10.4 Å². The molecule has 1 fully saturated rings. The number of benzene rings is 1. The molecule has 1 aromatic heterocycles. The third kappa shape index (κ3) is 1.36. The number of rotatable bonds is 0. The van der Waals surface area contributed by atoms with Crippen LogP contribution in [-0.2, 0) is 0 Å². The first kappa shape index (κ1) is 11.1. The van der Waals surface area contributed by atoms with Crippen LogP contribution in [0.15, 0.2) is 11.4 Å². The van der Waals surface area contributed by atoms with Crippen LogP contribution in [0.3, 0.4) is 0 Å². The van der Waals surface area contributed by atoms with Gasteiger partial charge in [0.15, 0.2) is 0 Å². The van der Waals surface area contributed by atoms with E-state index in [1.807, 2.05) is 12.3 Å². The molecule has 5 heteroatoms. The van der Waals surface area contributed by atoms with Gasteiger partial charge in [0.25, 0.3) is 0 Å². The lowest BCUT2D eigenvalue weighted by atomic mass is 9.96. The normalized spacial score (nSPS) is 24.2. The molecule has 0 radical (unpaired) electrons. The van der Waals surface area contributed by atoms with Crippen molar-refractivity contribution in [1.82, 2.24) is 0 Å². The Labute approximate surface area is 113 Å². The fraction of sp³-hybridized carbons (Fsp3) is 0.357. The maximum atomic E-state index is 11.4. The number of carbonyl (C=O) groups is 1. The van der Waals surface area contributed by atoms with Crippen molar-refractivity contribution >= 4 is 33.2 Å². The van der Waals surface area contributed by atoms with Gasteiger partial charge in [0, 0.05) is 18.0 Å². The summed E-state index contributed by atoms with van der Waals surface area (Å²) in [5.74, 6) is 1.12. The fourth-order valence-corrected chi connectivity index (χ4v) is 4.26. The highest BCUT2D eigenvalue weighted by Crippen LogP contribution is 2.58. The summed E-state index contributed by atoms with van der Waals surface area (Å²) in [5, 5.41) is 22.6. The van der Waals surface area contributed by atoms with Gasteiger partial charge in [-0.15, -0.1) is 11.3 Å². The first-order chi connectivity index (χ1) is 9.08. The topological polar surface area (TPSA) is 60.8 Å². The second-order valence-corrected chi connectivity index (χ2v) is 6.33. The van der Waals surface area contributed by atoms with E-state index >= 15 is 0 Å². The van der Waals surface area contributed by atoms with Crippen LogP contribution in [0.1, 0.15) is 23.5 Å². The molecule has 2 aromatic rings. The van der Waals surface area contributed by atoms with Gasteiger partial charge in [-0.3, -0.25) is 4.90 Å². The van der Waals surface area contributed by atoms with Gasteiger partial charge < -0.3 is 10.2 Å². The van der Waals surface area contributed by atoms with E-state index in [9.17, 15) is 15.0 Å². The number of anilines is 1. The third-order valence-electron chi connectivity index (χ3n) is 4.26. The van der Waals surface area contributed by atoms with Gasteiger partial charge in [-0.1, -0.05) is 0 Å². The lowest BCUT2D eigenvalue weighted by molar-refractivity contribution is 0.201. The smallest absolute Gasteiger partial charge is 0.411 e. The van der Waals surface area contributed by atoms with E-state index in [0.29, 0.717) is 24.1 Å². The minimum atomic E-state index is -0.932. The van der Waals surface area contributed by atoms with E-state index in [1.54, 1.807) is 6.07 Å². The average molecular weight is 275 g/mol. The van der Waals surface area contributed by atoms with Gasteiger partial charge in [-0.25, -0.2) is 4.79 Å². The number of thiophene rings is 1. The van der Waals surface area contributed by atoms with Crippen LogP contribution in [-0.4, -0.2) is 22.9 Å². The second kappa shape index (κ2) is 3.42. The van der Waals surface area contributed by atoms with Crippen molar-refractivity contribution < 1.29 is 15.0 Å². The molecule has 4 rings (SSSR count). The number of hydrogen-bond donors (Lipinski definition) is 2. The van der Waals surface area contributed by atoms with E-state index in [-0.39, 0.29) is 5.75 Å². The Bertz CT molecular complexity index is 721. The monoisotopic (exact) mass is 275 g/mol. The second-order valence-electron chi connectivity index (χ2n) is 5.45. The average Bonchev–Trinajstić information content (AvgIpc) is 3.04. The van der Waals surface area contributed by atoms with Crippen LogP contribution in [0.25, 0.3) is 10.1 Å². The lowest BCUT2D eigenvalue weighted by Gasteiger charge is -2.27. The third-order valence-corrected chi connectivity index (χ3v) is 5.38. The molecule has 0 saturated heterocycles. The van der Waals surface area contributed by atoms with E-state index in [1.165, 1.54) is 16.2 Å². The number of phenolic OH excluding ortho intramolecular Hbond substituents is 1. The van der Waals surface area contributed by atoms with E-state index in [0.717, 1.165) is 27.6 Å². The van der Waals surface area contributed by atoms with Crippen LogP contribution in [0.2, 0.25) is 0 Å². The lowest BCUT2D eigenvalue weighted by Crippen LogP contribution is -2.34. The van der Waals surface area contributed by atoms with Gasteiger partial charge in [-0.05, 0) is 41.7 Å². The molecule has 1 aromatic carbocycles.